The molecule has 1 heterocycles. The van der Waals surface area contributed by atoms with Crippen LogP contribution >= 0.6 is 0 Å². The number of ether oxygens (including phenoxy) is 1. The first-order valence-corrected chi connectivity index (χ1v) is 6.55. The van der Waals surface area contributed by atoms with E-state index in [2.05, 4.69) is 4.98 Å². The number of aromatic nitrogens is 1. The molecule has 0 aliphatic carbocycles. The Bertz CT molecular complexity index is 658. The molecule has 2 aromatic rings. The van der Waals surface area contributed by atoms with Gasteiger partial charge in [-0.25, -0.2) is 0 Å². The van der Waals surface area contributed by atoms with E-state index in [1.54, 1.807) is 18.2 Å². The number of rotatable bonds is 6. The van der Waals surface area contributed by atoms with Gasteiger partial charge in [-0.05, 0) is 18.6 Å². The van der Waals surface area contributed by atoms with Crippen molar-refractivity contribution >= 4 is 22.6 Å². The molecule has 106 valence electrons. The van der Waals surface area contributed by atoms with Crippen molar-refractivity contribution in [3.63, 3.8) is 0 Å². The minimum Gasteiger partial charge on any atom is -0.377 e. The molecule has 1 amide bonds. The summed E-state index contributed by atoms with van der Waals surface area (Å²) in [7, 11) is 1.50. The number of nitrogens with one attached hydrogen (secondary N) is 1. The minimum absolute atomic E-state index is 0.0429. The Balaban J connectivity index is 2.60. The summed E-state index contributed by atoms with van der Waals surface area (Å²) < 4.78 is 4.93. The monoisotopic (exact) mass is 274 g/mol. The van der Waals surface area contributed by atoms with Crippen molar-refractivity contribution in [3.8, 4) is 0 Å². The van der Waals surface area contributed by atoms with Gasteiger partial charge in [0, 0.05) is 34.8 Å². The lowest BCUT2D eigenvalue weighted by Gasteiger charge is -2.02. The number of nitrogens with two attached hydrogens (primary N) is 1. The largest absolute Gasteiger partial charge is 0.377 e. The maximum absolute atomic E-state index is 12.2. The Hall–Kier alpha value is -2.14. The third-order valence-electron chi connectivity index (χ3n) is 3.22. The van der Waals surface area contributed by atoms with E-state index in [1.807, 2.05) is 6.92 Å². The number of aryl methyl sites for hydroxylation is 1. The Morgan fingerprint density at radius 2 is 2.10 bits per heavy atom. The molecule has 3 N–H and O–H groups in total. The maximum atomic E-state index is 12.2. The molecular weight excluding hydrogens is 256 g/mol. The number of Topliss-reactive ketones (excluding diaryl/α,β-unsaturated/α-hetero) is 1. The van der Waals surface area contributed by atoms with E-state index >= 15 is 0 Å². The number of primary amides is 1. The standard InChI is InChI=1S/C15H18N2O3/c1-3-4-11-14(13(18)8-20-2)10-6-5-9(15(16)19)7-12(10)17-11/h5-7,17H,3-4,8H2,1-2H3,(H2,16,19). The molecule has 0 saturated heterocycles. The number of aromatic amines is 1. The second-order valence-electron chi connectivity index (χ2n) is 4.71. The van der Waals surface area contributed by atoms with E-state index in [0.717, 1.165) is 29.4 Å². The van der Waals surface area contributed by atoms with E-state index in [4.69, 9.17) is 10.5 Å². The average molecular weight is 274 g/mol. The lowest BCUT2D eigenvalue weighted by Crippen LogP contribution is -2.10. The molecule has 0 aliphatic rings. The van der Waals surface area contributed by atoms with Gasteiger partial charge in [-0.2, -0.15) is 0 Å². The summed E-state index contributed by atoms with van der Waals surface area (Å²) in [5, 5.41) is 0.806. The smallest absolute Gasteiger partial charge is 0.248 e. The summed E-state index contributed by atoms with van der Waals surface area (Å²) in [6, 6.07) is 5.08. The molecule has 0 bridgehead atoms. The molecule has 0 spiro atoms. The Morgan fingerprint density at radius 1 is 1.35 bits per heavy atom. The molecule has 2 rings (SSSR count). The van der Waals surface area contributed by atoms with Crippen LogP contribution < -0.4 is 5.73 Å². The molecule has 0 fully saturated rings. The van der Waals surface area contributed by atoms with Crippen molar-refractivity contribution < 1.29 is 14.3 Å². The third-order valence-corrected chi connectivity index (χ3v) is 3.22. The highest BCUT2D eigenvalue weighted by atomic mass is 16.5. The van der Waals surface area contributed by atoms with Crippen LogP contribution in [-0.4, -0.2) is 30.4 Å². The number of ketones is 1. The molecule has 5 heteroatoms. The molecule has 0 saturated carbocycles. The first kappa shape index (κ1) is 14.3. The maximum Gasteiger partial charge on any atom is 0.248 e. The van der Waals surface area contributed by atoms with E-state index < -0.39 is 5.91 Å². The Morgan fingerprint density at radius 3 is 2.70 bits per heavy atom. The van der Waals surface area contributed by atoms with Gasteiger partial charge < -0.3 is 15.5 Å². The summed E-state index contributed by atoms with van der Waals surface area (Å²) in [6.45, 7) is 2.09. The van der Waals surface area contributed by atoms with Gasteiger partial charge in [0.25, 0.3) is 0 Å². The summed E-state index contributed by atoms with van der Waals surface area (Å²) in [4.78, 5) is 26.6. The average Bonchev–Trinajstić information content (AvgIpc) is 2.76. The van der Waals surface area contributed by atoms with Gasteiger partial charge >= 0.3 is 0 Å². The molecule has 1 aromatic heterocycles. The highest BCUT2D eigenvalue weighted by molar-refractivity contribution is 6.11. The van der Waals surface area contributed by atoms with Crippen LogP contribution in [0.1, 0.15) is 39.8 Å². The van der Waals surface area contributed by atoms with Crippen LogP contribution in [-0.2, 0) is 11.2 Å². The van der Waals surface area contributed by atoms with Crippen LogP contribution in [0.2, 0.25) is 0 Å². The van der Waals surface area contributed by atoms with E-state index in [1.165, 1.54) is 7.11 Å². The molecule has 0 aliphatic heterocycles. The predicted molar refractivity (Wildman–Crippen MR) is 77.0 cm³/mol. The number of hydrogen-bond donors (Lipinski definition) is 2. The number of carbonyl (C=O) groups is 2. The zero-order valence-electron chi connectivity index (χ0n) is 11.7. The van der Waals surface area contributed by atoms with Crippen molar-refractivity contribution in [2.24, 2.45) is 5.73 Å². The zero-order chi connectivity index (χ0) is 14.7. The van der Waals surface area contributed by atoms with Crippen LogP contribution in [0.15, 0.2) is 18.2 Å². The van der Waals surface area contributed by atoms with E-state index in [0.29, 0.717) is 11.1 Å². The fourth-order valence-electron chi connectivity index (χ4n) is 2.37. The van der Waals surface area contributed by atoms with Gasteiger partial charge in [-0.15, -0.1) is 0 Å². The van der Waals surface area contributed by atoms with Crippen molar-refractivity contribution in [1.82, 2.24) is 4.98 Å². The quantitative estimate of drug-likeness (QED) is 0.790. The second-order valence-corrected chi connectivity index (χ2v) is 4.71. The van der Waals surface area contributed by atoms with Crippen LogP contribution in [0.4, 0.5) is 0 Å². The molecule has 5 nitrogen and oxygen atoms in total. The summed E-state index contributed by atoms with van der Waals surface area (Å²) >= 11 is 0. The van der Waals surface area contributed by atoms with Crippen LogP contribution in [0.25, 0.3) is 10.9 Å². The molecule has 1 aromatic carbocycles. The second kappa shape index (κ2) is 5.88. The predicted octanol–water partition coefficient (Wildman–Crippen LogP) is 2.05. The topological polar surface area (TPSA) is 85.2 Å². The molecule has 20 heavy (non-hydrogen) atoms. The van der Waals surface area contributed by atoms with Gasteiger partial charge in [0.2, 0.25) is 5.91 Å². The molecule has 0 radical (unpaired) electrons. The SMILES string of the molecule is CCCc1[nH]c2cc(C(N)=O)ccc2c1C(=O)COC. The number of H-pyrrole nitrogens is 1. The van der Waals surface area contributed by atoms with E-state index in [9.17, 15) is 9.59 Å². The summed E-state index contributed by atoms with van der Waals surface area (Å²) in [5.41, 5.74) is 7.99. The van der Waals surface area contributed by atoms with Gasteiger partial charge in [-0.1, -0.05) is 19.4 Å². The fourth-order valence-corrected chi connectivity index (χ4v) is 2.37. The van der Waals surface area contributed by atoms with Crippen LogP contribution in [0.3, 0.4) is 0 Å². The first-order chi connectivity index (χ1) is 9.58. The molecular formula is C15H18N2O3. The van der Waals surface area contributed by atoms with E-state index in [-0.39, 0.29) is 12.4 Å². The molecule has 0 atom stereocenters. The van der Waals surface area contributed by atoms with Gasteiger partial charge in [0.05, 0.1) is 0 Å². The Kier molecular flexibility index (Phi) is 4.20. The number of hydrogen-bond acceptors (Lipinski definition) is 3. The van der Waals surface area contributed by atoms with Gasteiger partial charge in [-0.3, -0.25) is 9.59 Å². The van der Waals surface area contributed by atoms with Gasteiger partial charge in [0.1, 0.15) is 6.61 Å². The third kappa shape index (κ3) is 2.58. The number of amides is 1. The lowest BCUT2D eigenvalue weighted by atomic mass is 10.0. The van der Waals surface area contributed by atoms with Crippen molar-refractivity contribution in [3.05, 3.63) is 35.0 Å². The highest BCUT2D eigenvalue weighted by Crippen LogP contribution is 2.25. The molecule has 0 unspecified atom stereocenters. The van der Waals surface area contributed by atoms with Crippen molar-refractivity contribution in [2.45, 2.75) is 19.8 Å². The van der Waals surface area contributed by atoms with Crippen LogP contribution in [0.5, 0.6) is 0 Å². The first-order valence-electron chi connectivity index (χ1n) is 6.55. The van der Waals surface area contributed by atoms with Crippen molar-refractivity contribution in [1.29, 1.82) is 0 Å². The zero-order valence-corrected chi connectivity index (χ0v) is 11.7. The normalized spacial score (nSPS) is 10.9. The summed E-state index contributed by atoms with van der Waals surface area (Å²) in [6.07, 6.45) is 1.69. The lowest BCUT2D eigenvalue weighted by molar-refractivity contribution is 0.0848. The number of carbonyl (C=O) groups excluding carboxylic acids is 2. The number of fused-ring (bicyclic) bond motifs is 1. The highest BCUT2D eigenvalue weighted by Gasteiger charge is 2.18. The number of benzene rings is 1. The van der Waals surface area contributed by atoms with Crippen LogP contribution in [0, 0.1) is 0 Å². The summed E-state index contributed by atoms with van der Waals surface area (Å²) in [5.74, 6) is -0.544. The minimum atomic E-state index is -0.483. The Labute approximate surface area is 117 Å². The fraction of sp³-hybridized carbons (Fsp3) is 0.333. The van der Waals surface area contributed by atoms with Crippen molar-refractivity contribution in [2.75, 3.05) is 13.7 Å². The van der Waals surface area contributed by atoms with Gasteiger partial charge in [0.15, 0.2) is 5.78 Å². The number of methoxy groups -OCH3 is 1.